The first-order valence-corrected chi connectivity index (χ1v) is 14.5. The lowest BCUT2D eigenvalue weighted by molar-refractivity contribution is 0.653. The molecule has 7 nitrogen and oxygen atoms in total. The van der Waals surface area contributed by atoms with Crippen molar-refractivity contribution in [1.29, 1.82) is 0 Å². The number of rotatable bonds is 12. The SMILES string of the molecule is CCCCCc1cn(-c2c(CC)cccc2CCC)c(=O)n1Cc1ccc(-c2ccccc2-c2nn[nH]n2)cc1. The van der Waals surface area contributed by atoms with Crippen LogP contribution in [0.15, 0.2) is 77.7 Å². The predicted octanol–water partition coefficient (Wildman–Crippen LogP) is 6.78. The van der Waals surface area contributed by atoms with Crippen LogP contribution in [-0.2, 0) is 25.8 Å². The highest BCUT2D eigenvalue weighted by molar-refractivity contribution is 5.80. The first kappa shape index (κ1) is 27.3. The smallest absolute Gasteiger partial charge is 0.292 e. The molecular formula is C33H38N6O. The van der Waals surface area contributed by atoms with Gasteiger partial charge in [0.15, 0.2) is 0 Å². The fraction of sp³-hybridized carbons (Fsp3) is 0.333. The van der Waals surface area contributed by atoms with Gasteiger partial charge in [0.25, 0.3) is 0 Å². The predicted molar refractivity (Wildman–Crippen MR) is 161 cm³/mol. The number of para-hydroxylation sites is 1. The van der Waals surface area contributed by atoms with E-state index in [1.54, 1.807) is 0 Å². The molecule has 0 aliphatic heterocycles. The van der Waals surface area contributed by atoms with Gasteiger partial charge >= 0.3 is 5.69 Å². The van der Waals surface area contributed by atoms with Gasteiger partial charge in [-0.05, 0) is 58.7 Å². The molecule has 7 heteroatoms. The maximum atomic E-state index is 14.0. The molecule has 40 heavy (non-hydrogen) atoms. The van der Waals surface area contributed by atoms with Crippen LogP contribution in [-0.4, -0.2) is 29.8 Å². The van der Waals surface area contributed by atoms with Crippen LogP contribution in [0.25, 0.3) is 28.2 Å². The summed E-state index contributed by atoms with van der Waals surface area (Å²) in [4.78, 5) is 14.0. The van der Waals surface area contributed by atoms with E-state index in [1.807, 2.05) is 27.3 Å². The van der Waals surface area contributed by atoms with Crippen LogP contribution in [0, 0.1) is 0 Å². The first-order chi connectivity index (χ1) is 19.6. The van der Waals surface area contributed by atoms with Gasteiger partial charge in [-0.25, -0.2) is 4.79 Å². The normalized spacial score (nSPS) is 11.3. The minimum Gasteiger partial charge on any atom is -0.292 e. The van der Waals surface area contributed by atoms with Gasteiger partial charge in [-0.15, -0.1) is 10.2 Å². The van der Waals surface area contributed by atoms with Gasteiger partial charge in [-0.1, -0.05) is 107 Å². The Morgan fingerprint density at radius 3 is 2.27 bits per heavy atom. The highest BCUT2D eigenvalue weighted by atomic mass is 16.1. The van der Waals surface area contributed by atoms with Gasteiger partial charge in [0.1, 0.15) is 0 Å². The number of tetrazole rings is 1. The second-order valence-corrected chi connectivity index (χ2v) is 10.3. The zero-order valence-corrected chi connectivity index (χ0v) is 23.7. The largest absolute Gasteiger partial charge is 0.333 e. The number of nitrogens with zero attached hydrogens (tertiary/aromatic N) is 5. The fourth-order valence-corrected chi connectivity index (χ4v) is 5.50. The van der Waals surface area contributed by atoms with Gasteiger partial charge in [0, 0.05) is 17.5 Å². The lowest BCUT2D eigenvalue weighted by atomic mass is 9.98. The van der Waals surface area contributed by atoms with Crippen molar-refractivity contribution >= 4 is 0 Å². The van der Waals surface area contributed by atoms with Crippen molar-refractivity contribution < 1.29 is 0 Å². The molecule has 5 aromatic rings. The van der Waals surface area contributed by atoms with Crippen LogP contribution in [0.5, 0.6) is 0 Å². The van der Waals surface area contributed by atoms with E-state index >= 15 is 0 Å². The van der Waals surface area contributed by atoms with E-state index in [-0.39, 0.29) is 5.69 Å². The molecule has 0 atom stereocenters. The van der Waals surface area contributed by atoms with Crippen molar-refractivity contribution in [3.8, 4) is 28.2 Å². The number of H-pyrrole nitrogens is 1. The minimum atomic E-state index is 0.0382. The van der Waals surface area contributed by atoms with Gasteiger partial charge in [-0.2, -0.15) is 5.21 Å². The van der Waals surface area contributed by atoms with Gasteiger partial charge in [0.05, 0.1) is 12.2 Å². The summed E-state index contributed by atoms with van der Waals surface area (Å²) in [5, 5.41) is 14.6. The molecule has 0 aliphatic carbocycles. The Balaban J connectivity index is 1.51. The zero-order valence-electron chi connectivity index (χ0n) is 23.7. The maximum absolute atomic E-state index is 14.0. The number of benzene rings is 3. The van der Waals surface area contributed by atoms with Crippen LogP contribution < -0.4 is 5.69 Å². The van der Waals surface area contributed by atoms with Crippen LogP contribution in [0.1, 0.15) is 68.8 Å². The third kappa shape index (κ3) is 5.69. The Hall–Kier alpha value is -4.26. The van der Waals surface area contributed by atoms with E-state index in [2.05, 4.69) is 96.1 Å². The summed E-state index contributed by atoms with van der Waals surface area (Å²) >= 11 is 0. The highest BCUT2D eigenvalue weighted by Crippen LogP contribution is 2.30. The molecule has 0 spiro atoms. The maximum Gasteiger partial charge on any atom is 0.333 e. The number of imidazole rings is 1. The Morgan fingerprint density at radius 1 is 0.800 bits per heavy atom. The number of unbranched alkanes of at least 4 members (excludes halogenated alkanes) is 2. The Bertz CT molecular complexity index is 1600. The molecule has 1 N–H and O–H groups in total. The molecule has 0 saturated carbocycles. The molecule has 0 saturated heterocycles. The van der Waals surface area contributed by atoms with Gasteiger partial charge in [0.2, 0.25) is 5.82 Å². The molecular weight excluding hydrogens is 496 g/mol. The van der Waals surface area contributed by atoms with Crippen molar-refractivity contribution in [2.75, 3.05) is 0 Å². The summed E-state index contributed by atoms with van der Waals surface area (Å²) in [5.41, 5.74) is 8.79. The summed E-state index contributed by atoms with van der Waals surface area (Å²) in [6.07, 6.45) is 9.26. The number of hydrogen-bond acceptors (Lipinski definition) is 4. The van der Waals surface area contributed by atoms with E-state index in [1.165, 1.54) is 11.1 Å². The molecule has 5 rings (SSSR count). The molecule has 3 aromatic carbocycles. The third-order valence-electron chi connectivity index (χ3n) is 7.56. The Labute approximate surface area is 235 Å². The molecule has 0 amide bonds. The zero-order chi connectivity index (χ0) is 27.9. The summed E-state index contributed by atoms with van der Waals surface area (Å²) in [6, 6.07) is 22.9. The molecule has 0 radical (unpaired) electrons. The molecule has 206 valence electrons. The topological polar surface area (TPSA) is 81.4 Å². The molecule has 0 aliphatic rings. The third-order valence-corrected chi connectivity index (χ3v) is 7.56. The molecule has 2 aromatic heterocycles. The second-order valence-electron chi connectivity index (χ2n) is 10.3. The lowest BCUT2D eigenvalue weighted by Gasteiger charge is -2.14. The summed E-state index contributed by atoms with van der Waals surface area (Å²) in [6.45, 7) is 7.11. The van der Waals surface area contributed by atoms with Gasteiger partial charge in [-0.3, -0.25) is 9.13 Å². The van der Waals surface area contributed by atoms with E-state index < -0.39 is 0 Å². The number of aromatic nitrogens is 6. The number of hydrogen-bond donors (Lipinski definition) is 1. The number of nitrogens with one attached hydrogen (secondary N) is 1. The van der Waals surface area contributed by atoms with E-state index in [4.69, 9.17) is 0 Å². The van der Waals surface area contributed by atoms with Crippen LogP contribution in [0.4, 0.5) is 0 Å². The monoisotopic (exact) mass is 534 g/mol. The van der Waals surface area contributed by atoms with Crippen molar-refractivity contribution in [2.45, 2.75) is 72.3 Å². The lowest BCUT2D eigenvalue weighted by Crippen LogP contribution is -2.26. The Morgan fingerprint density at radius 2 is 1.57 bits per heavy atom. The number of aromatic amines is 1. The first-order valence-electron chi connectivity index (χ1n) is 14.5. The summed E-state index contributed by atoms with van der Waals surface area (Å²) < 4.78 is 3.89. The summed E-state index contributed by atoms with van der Waals surface area (Å²) in [7, 11) is 0. The summed E-state index contributed by atoms with van der Waals surface area (Å²) in [5.74, 6) is 0.569. The second kappa shape index (κ2) is 12.7. The highest BCUT2D eigenvalue weighted by Gasteiger charge is 2.18. The molecule has 0 unspecified atom stereocenters. The fourth-order valence-electron chi connectivity index (χ4n) is 5.50. The van der Waals surface area contributed by atoms with Crippen molar-refractivity contribution in [3.05, 3.63) is 106 Å². The van der Waals surface area contributed by atoms with Crippen LogP contribution in [0.3, 0.4) is 0 Å². The van der Waals surface area contributed by atoms with Crippen molar-refractivity contribution in [2.24, 2.45) is 0 Å². The van der Waals surface area contributed by atoms with Crippen molar-refractivity contribution in [1.82, 2.24) is 29.8 Å². The molecule has 0 fully saturated rings. The Kier molecular flexibility index (Phi) is 8.69. The van der Waals surface area contributed by atoms with Gasteiger partial charge < -0.3 is 0 Å². The number of aryl methyl sites for hydroxylation is 3. The van der Waals surface area contributed by atoms with Crippen LogP contribution in [0.2, 0.25) is 0 Å². The van der Waals surface area contributed by atoms with Crippen molar-refractivity contribution in [3.63, 3.8) is 0 Å². The molecule has 0 bridgehead atoms. The van der Waals surface area contributed by atoms with E-state index in [0.29, 0.717) is 12.4 Å². The quantitative estimate of drug-likeness (QED) is 0.179. The molecule has 2 heterocycles. The van der Waals surface area contributed by atoms with E-state index in [9.17, 15) is 4.79 Å². The minimum absolute atomic E-state index is 0.0382. The average molecular weight is 535 g/mol. The standard InChI is InChI=1S/C33H38N6O/c1-4-7-8-15-28-23-39(31-25(6-3)13-11-14-27(31)12-5-2)33(40)38(28)22-24-18-20-26(21-19-24)29-16-9-10-17-30(29)32-34-36-37-35-32/h9-11,13-14,16-21,23H,4-8,12,15,22H2,1-3H3,(H,34,35,36,37). The average Bonchev–Trinajstić information content (AvgIpc) is 3.63. The van der Waals surface area contributed by atoms with Crippen LogP contribution >= 0.6 is 0 Å². The van der Waals surface area contributed by atoms with E-state index in [0.717, 1.165) is 78.6 Å².